The van der Waals surface area contributed by atoms with Crippen molar-refractivity contribution in [2.24, 2.45) is 0 Å². The van der Waals surface area contributed by atoms with E-state index in [9.17, 15) is 9.18 Å². The van der Waals surface area contributed by atoms with Gasteiger partial charge in [-0.05, 0) is 45.4 Å². The Morgan fingerprint density at radius 3 is 2.69 bits per heavy atom. The van der Waals surface area contributed by atoms with Crippen LogP contribution in [0.4, 0.5) is 4.39 Å². The quantitative estimate of drug-likeness (QED) is 0.487. The van der Waals surface area contributed by atoms with Gasteiger partial charge in [0.25, 0.3) is 0 Å². The molecule has 1 unspecified atom stereocenters. The van der Waals surface area contributed by atoms with Crippen molar-refractivity contribution in [3.8, 4) is 0 Å². The summed E-state index contributed by atoms with van der Waals surface area (Å²) in [5.74, 6) is 0. The van der Waals surface area contributed by atoms with Crippen LogP contribution in [0.1, 0.15) is 26.2 Å². The first-order valence-corrected chi connectivity index (χ1v) is 4.63. The second-order valence-corrected chi connectivity index (χ2v) is 3.01. The molecule has 0 aromatic carbocycles. The maximum atomic E-state index is 13.0. The molecule has 13 heavy (non-hydrogen) atoms. The predicted molar refractivity (Wildman–Crippen MR) is 52.5 cm³/mol. The summed E-state index contributed by atoms with van der Waals surface area (Å²) in [6.07, 6.45) is 3.24. The molecule has 1 N–H and O–H groups in total. The Hall–Kier alpha value is -0.700. The van der Waals surface area contributed by atoms with Gasteiger partial charge in [-0.2, -0.15) is 0 Å². The molecule has 2 nitrogen and oxygen atoms in total. The van der Waals surface area contributed by atoms with Crippen molar-refractivity contribution < 1.29 is 9.18 Å². The third kappa shape index (κ3) is 6.46. The Kier molecular flexibility index (Phi) is 7.50. The summed E-state index contributed by atoms with van der Waals surface area (Å²) in [7, 11) is 1.80. The van der Waals surface area contributed by atoms with E-state index in [-0.39, 0.29) is 0 Å². The highest BCUT2D eigenvalue weighted by molar-refractivity contribution is 5.72. The number of allylic oxidation sites excluding steroid dienone is 2. The lowest BCUT2D eigenvalue weighted by molar-refractivity contribution is -0.105. The van der Waals surface area contributed by atoms with Gasteiger partial charge in [0.1, 0.15) is 12.5 Å². The number of hydrogen-bond donors (Lipinski definition) is 1. The Morgan fingerprint density at radius 2 is 2.23 bits per heavy atom. The molecule has 0 amide bonds. The second kappa shape index (κ2) is 7.92. The van der Waals surface area contributed by atoms with Crippen LogP contribution in [0.25, 0.3) is 0 Å². The van der Waals surface area contributed by atoms with Gasteiger partial charge >= 0.3 is 0 Å². The van der Waals surface area contributed by atoms with Crippen LogP contribution < -0.4 is 5.32 Å². The van der Waals surface area contributed by atoms with Gasteiger partial charge in [-0.25, -0.2) is 4.39 Å². The lowest BCUT2D eigenvalue weighted by Gasteiger charge is -2.06. The summed E-state index contributed by atoms with van der Waals surface area (Å²) in [6, 6.07) is 0. The van der Waals surface area contributed by atoms with Crippen molar-refractivity contribution >= 4 is 6.29 Å². The molecule has 76 valence electrons. The van der Waals surface area contributed by atoms with Gasteiger partial charge in [0.2, 0.25) is 0 Å². The van der Waals surface area contributed by atoms with E-state index in [0.29, 0.717) is 31.4 Å². The van der Waals surface area contributed by atoms with E-state index in [1.165, 1.54) is 0 Å². The topological polar surface area (TPSA) is 29.1 Å². The molecule has 0 heterocycles. The third-order valence-electron chi connectivity index (χ3n) is 1.98. The number of hydrogen-bond acceptors (Lipinski definition) is 2. The van der Waals surface area contributed by atoms with Crippen LogP contribution in [0, 0.1) is 0 Å². The van der Waals surface area contributed by atoms with E-state index in [1.54, 1.807) is 20.0 Å². The Balaban J connectivity index is 3.56. The standard InChI is InChI=1S/C10H18FNO/c1-3-9(8-13)4-5-10(11)6-7-12-2/h3,8,10,12H,4-7H2,1-2H3/b9-3+. The summed E-state index contributed by atoms with van der Waals surface area (Å²) >= 11 is 0. The minimum Gasteiger partial charge on any atom is -0.320 e. The summed E-state index contributed by atoms with van der Waals surface area (Å²) in [5, 5.41) is 2.89. The van der Waals surface area contributed by atoms with Crippen molar-refractivity contribution in [1.82, 2.24) is 5.32 Å². The van der Waals surface area contributed by atoms with Gasteiger partial charge in [0.05, 0.1) is 0 Å². The van der Waals surface area contributed by atoms with Crippen LogP contribution in [-0.2, 0) is 4.79 Å². The zero-order chi connectivity index (χ0) is 10.1. The summed E-state index contributed by atoms with van der Waals surface area (Å²) in [5.41, 5.74) is 0.687. The number of carbonyl (C=O) groups is 1. The molecule has 0 radical (unpaired) electrons. The van der Waals surface area contributed by atoms with Crippen molar-refractivity contribution in [3.63, 3.8) is 0 Å². The predicted octanol–water partition coefficient (Wildman–Crippen LogP) is 1.86. The molecular formula is C10H18FNO. The van der Waals surface area contributed by atoms with E-state index >= 15 is 0 Å². The average Bonchev–Trinajstić information content (AvgIpc) is 2.16. The SMILES string of the molecule is C/C=C(/C=O)CCC(F)CCNC. The summed E-state index contributed by atoms with van der Waals surface area (Å²) < 4.78 is 13.0. The molecule has 0 saturated carbocycles. The Bertz CT molecular complexity index is 168. The number of rotatable bonds is 7. The summed E-state index contributed by atoms with van der Waals surface area (Å²) in [6.45, 7) is 2.48. The van der Waals surface area contributed by atoms with Crippen molar-refractivity contribution in [3.05, 3.63) is 11.6 Å². The Labute approximate surface area is 79.2 Å². The van der Waals surface area contributed by atoms with Crippen LogP contribution in [-0.4, -0.2) is 26.1 Å². The smallest absolute Gasteiger partial charge is 0.145 e. The molecule has 0 spiro atoms. The van der Waals surface area contributed by atoms with Gasteiger partial charge in [-0.1, -0.05) is 6.08 Å². The molecule has 0 aliphatic heterocycles. The van der Waals surface area contributed by atoms with E-state index < -0.39 is 6.17 Å². The number of halogens is 1. The number of carbonyl (C=O) groups excluding carboxylic acids is 1. The molecule has 3 heteroatoms. The van der Waals surface area contributed by atoms with Gasteiger partial charge in [0, 0.05) is 0 Å². The molecule has 0 rings (SSSR count). The van der Waals surface area contributed by atoms with Crippen molar-refractivity contribution in [1.29, 1.82) is 0 Å². The maximum Gasteiger partial charge on any atom is 0.145 e. The molecular weight excluding hydrogens is 169 g/mol. The molecule has 0 aliphatic carbocycles. The fourth-order valence-electron chi connectivity index (χ4n) is 1.04. The Morgan fingerprint density at radius 1 is 1.54 bits per heavy atom. The highest BCUT2D eigenvalue weighted by Gasteiger charge is 2.06. The zero-order valence-corrected chi connectivity index (χ0v) is 8.35. The van der Waals surface area contributed by atoms with Crippen molar-refractivity contribution in [2.45, 2.75) is 32.4 Å². The summed E-state index contributed by atoms with van der Waals surface area (Å²) in [4.78, 5) is 10.4. The average molecular weight is 187 g/mol. The fraction of sp³-hybridized carbons (Fsp3) is 0.700. The molecule has 0 saturated heterocycles. The molecule has 1 atom stereocenters. The van der Waals surface area contributed by atoms with Gasteiger partial charge < -0.3 is 5.32 Å². The molecule has 0 aliphatic rings. The van der Waals surface area contributed by atoms with E-state index in [2.05, 4.69) is 5.32 Å². The molecule has 0 aromatic rings. The lowest BCUT2D eigenvalue weighted by atomic mass is 10.1. The minimum atomic E-state index is -0.803. The van der Waals surface area contributed by atoms with Crippen LogP contribution >= 0.6 is 0 Å². The minimum absolute atomic E-state index is 0.445. The zero-order valence-electron chi connectivity index (χ0n) is 8.35. The maximum absolute atomic E-state index is 13.0. The third-order valence-corrected chi connectivity index (χ3v) is 1.98. The van der Waals surface area contributed by atoms with Gasteiger partial charge in [-0.3, -0.25) is 4.79 Å². The van der Waals surface area contributed by atoms with Gasteiger partial charge in [0.15, 0.2) is 0 Å². The first-order valence-electron chi connectivity index (χ1n) is 4.63. The van der Waals surface area contributed by atoms with E-state index in [4.69, 9.17) is 0 Å². The van der Waals surface area contributed by atoms with Crippen LogP contribution in [0.15, 0.2) is 11.6 Å². The molecule has 0 aromatic heterocycles. The normalized spacial score (nSPS) is 14.2. The van der Waals surface area contributed by atoms with E-state index in [0.717, 1.165) is 6.29 Å². The van der Waals surface area contributed by atoms with Crippen molar-refractivity contribution in [2.75, 3.05) is 13.6 Å². The van der Waals surface area contributed by atoms with E-state index in [1.807, 2.05) is 0 Å². The van der Waals surface area contributed by atoms with Crippen LogP contribution in [0.2, 0.25) is 0 Å². The van der Waals surface area contributed by atoms with Crippen LogP contribution in [0.5, 0.6) is 0 Å². The second-order valence-electron chi connectivity index (χ2n) is 3.01. The van der Waals surface area contributed by atoms with Crippen LogP contribution in [0.3, 0.4) is 0 Å². The highest BCUT2D eigenvalue weighted by atomic mass is 19.1. The number of nitrogens with one attached hydrogen (secondary N) is 1. The number of alkyl halides is 1. The molecule has 0 bridgehead atoms. The number of aldehydes is 1. The first-order chi connectivity index (χ1) is 6.24. The lowest BCUT2D eigenvalue weighted by Crippen LogP contribution is -2.13. The largest absolute Gasteiger partial charge is 0.320 e. The monoisotopic (exact) mass is 187 g/mol. The first kappa shape index (κ1) is 12.3. The van der Waals surface area contributed by atoms with Gasteiger partial charge in [-0.15, -0.1) is 0 Å². The molecule has 0 fully saturated rings. The fourth-order valence-corrected chi connectivity index (χ4v) is 1.04. The highest BCUT2D eigenvalue weighted by Crippen LogP contribution is 2.10.